The number of rotatable bonds is 12. The first-order chi connectivity index (χ1) is 12.3. The van der Waals surface area contributed by atoms with Crippen LogP contribution >= 0.6 is 0 Å². The molecule has 0 aromatic heterocycles. The van der Waals surface area contributed by atoms with Crippen molar-refractivity contribution in [3.8, 4) is 17.2 Å². The fraction of sp³-hybridized carbons (Fsp3) is 0.368. The molecule has 0 spiro atoms. The minimum atomic E-state index is 0.431. The molecule has 0 saturated carbocycles. The first-order valence-electron chi connectivity index (χ1n) is 8.37. The van der Waals surface area contributed by atoms with E-state index >= 15 is 0 Å². The normalized spacial score (nSPS) is 10.5. The van der Waals surface area contributed by atoms with Crippen LogP contribution in [0.15, 0.2) is 48.5 Å². The molecule has 4 N–H and O–H groups in total. The molecule has 0 atom stereocenters. The van der Waals surface area contributed by atoms with Crippen molar-refractivity contribution >= 4 is 0 Å². The van der Waals surface area contributed by atoms with Gasteiger partial charge < -0.3 is 30.4 Å². The van der Waals surface area contributed by atoms with E-state index in [0.717, 1.165) is 5.56 Å². The lowest BCUT2D eigenvalue weighted by Gasteiger charge is -2.13. The van der Waals surface area contributed by atoms with Crippen LogP contribution in [0.1, 0.15) is 5.56 Å². The van der Waals surface area contributed by atoms with Gasteiger partial charge in [0.2, 0.25) is 0 Å². The summed E-state index contributed by atoms with van der Waals surface area (Å²) in [7, 11) is 0. The Kier molecular flexibility index (Phi) is 8.61. The molecule has 0 aliphatic rings. The minimum Gasteiger partial charge on any atom is -0.492 e. The van der Waals surface area contributed by atoms with E-state index in [1.807, 2.05) is 42.5 Å². The second kappa shape index (κ2) is 11.3. The zero-order valence-corrected chi connectivity index (χ0v) is 14.4. The number of benzene rings is 2. The molecule has 25 heavy (non-hydrogen) atoms. The minimum absolute atomic E-state index is 0.431. The molecule has 0 saturated heterocycles. The van der Waals surface area contributed by atoms with Crippen LogP contribution in [0.25, 0.3) is 0 Å². The van der Waals surface area contributed by atoms with Gasteiger partial charge in [-0.15, -0.1) is 0 Å². The third-order valence-corrected chi connectivity index (χ3v) is 3.23. The van der Waals surface area contributed by atoms with Gasteiger partial charge in [-0.25, -0.2) is 0 Å². The zero-order chi connectivity index (χ0) is 17.7. The van der Waals surface area contributed by atoms with Gasteiger partial charge in [0.05, 0.1) is 13.2 Å². The smallest absolute Gasteiger partial charge is 0.126 e. The van der Waals surface area contributed by atoms with Crippen LogP contribution in [-0.4, -0.2) is 39.5 Å². The fourth-order valence-corrected chi connectivity index (χ4v) is 2.13. The average Bonchev–Trinajstić information content (AvgIpc) is 2.65. The molecule has 0 heterocycles. The van der Waals surface area contributed by atoms with Crippen LogP contribution in [0.2, 0.25) is 0 Å². The van der Waals surface area contributed by atoms with Crippen molar-refractivity contribution in [2.24, 2.45) is 11.5 Å². The molecule has 136 valence electrons. The van der Waals surface area contributed by atoms with Crippen molar-refractivity contribution in [2.75, 3.05) is 39.5 Å². The molecule has 0 aliphatic carbocycles. The Morgan fingerprint density at radius 2 is 1.16 bits per heavy atom. The van der Waals surface area contributed by atoms with Crippen LogP contribution < -0.4 is 25.7 Å². The topological polar surface area (TPSA) is 89.0 Å². The van der Waals surface area contributed by atoms with Crippen LogP contribution in [-0.2, 0) is 11.3 Å². The average molecular weight is 346 g/mol. The largest absolute Gasteiger partial charge is 0.492 e. The molecule has 0 fully saturated rings. The third-order valence-electron chi connectivity index (χ3n) is 3.23. The van der Waals surface area contributed by atoms with E-state index in [9.17, 15) is 0 Å². The standard InChI is InChI=1S/C19H26N2O4/c20-6-8-23-17-12-18(24-9-7-21)14-19(13-17)25-11-10-22-15-16-4-2-1-3-5-16/h1-5,12-14H,6-11,15,20-21H2. The van der Waals surface area contributed by atoms with Gasteiger partial charge in [0.25, 0.3) is 0 Å². The first-order valence-corrected chi connectivity index (χ1v) is 8.37. The molecule has 0 amide bonds. The highest BCUT2D eigenvalue weighted by Gasteiger charge is 2.05. The van der Waals surface area contributed by atoms with Gasteiger partial charge in [-0.2, -0.15) is 0 Å². The van der Waals surface area contributed by atoms with Crippen molar-refractivity contribution < 1.29 is 18.9 Å². The molecule has 2 aromatic carbocycles. The lowest BCUT2D eigenvalue weighted by atomic mass is 10.2. The molecule has 0 radical (unpaired) electrons. The zero-order valence-electron chi connectivity index (χ0n) is 14.4. The molecule has 0 bridgehead atoms. The molecule has 6 heteroatoms. The van der Waals surface area contributed by atoms with Crippen LogP contribution in [0.5, 0.6) is 17.2 Å². The Labute approximate surface area is 148 Å². The summed E-state index contributed by atoms with van der Waals surface area (Å²) in [6, 6.07) is 15.4. The number of hydrogen-bond acceptors (Lipinski definition) is 6. The molecule has 2 aromatic rings. The van der Waals surface area contributed by atoms with Crippen molar-refractivity contribution in [3.05, 3.63) is 54.1 Å². The Bertz CT molecular complexity index is 581. The third kappa shape index (κ3) is 7.43. The molecular weight excluding hydrogens is 320 g/mol. The summed E-state index contributed by atoms with van der Waals surface area (Å²) in [5.74, 6) is 1.96. The monoisotopic (exact) mass is 346 g/mol. The summed E-state index contributed by atoms with van der Waals surface area (Å²) in [6.07, 6.45) is 0. The predicted octanol–water partition coefficient (Wildman–Crippen LogP) is 1.96. The van der Waals surface area contributed by atoms with E-state index in [1.54, 1.807) is 6.07 Å². The lowest BCUT2D eigenvalue weighted by Crippen LogP contribution is -2.12. The molecule has 6 nitrogen and oxygen atoms in total. The Morgan fingerprint density at radius 3 is 1.68 bits per heavy atom. The highest BCUT2D eigenvalue weighted by molar-refractivity contribution is 5.42. The molecule has 0 aliphatic heterocycles. The summed E-state index contributed by atoms with van der Waals surface area (Å²) in [4.78, 5) is 0. The maximum atomic E-state index is 5.74. The quantitative estimate of drug-likeness (QED) is 0.571. The summed E-state index contributed by atoms with van der Waals surface area (Å²) < 4.78 is 22.5. The number of nitrogens with two attached hydrogens (primary N) is 2. The van der Waals surface area contributed by atoms with E-state index in [2.05, 4.69) is 0 Å². The van der Waals surface area contributed by atoms with Gasteiger partial charge in [0.15, 0.2) is 0 Å². The van der Waals surface area contributed by atoms with Crippen LogP contribution in [0.4, 0.5) is 0 Å². The Morgan fingerprint density at radius 1 is 0.640 bits per heavy atom. The summed E-state index contributed by atoms with van der Waals surface area (Å²) in [6.45, 7) is 3.23. The maximum Gasteiger partial charge on any atom is 0.126 e. The Hall–Kier alpha value is -2.28. The molecular formula is C19H26N2O4. The fourth-order valence-electron chi connectivity index (χ4n) is 2.13. The van der Waals surface area contributed by atoms with Crippen LogP contribution in [0.3, 0.4) is 0 Å². The van der Waals surface area contributed by atoms with Crippen LogP contribution in [0, 0.1) is 0 Å². The lowest BCUT2D eigenvalue weighted by molar-refractivity contribution is 0.0887. The molecule has 2 rings (SSSR count). The van der Waals surface area contributed by atoms with E-state index in [4.69, 9.17) is 30.4 Å². The SMILES string of the molecule is NCCOc1cc(OCCN)cc(OCCOCc2ccccc2)c1. The number of hydrogen-bond donors (Lipinski definition) is 2. The van der Waals surface area contributed by atoms with Crippen molar-refractivity contribution in [1.29, 1.82) is 0 Å². The highest BCUT2D eigenvalue weighted by atomic mass is 16.5. The maximum absolute atomic E-state index is 5.74. The predicted molar refractivity (Wildman–Crippen MR) is 97.1 cm³/mol. The van der Waals surface area contributed by atoms with Gasteiger partial charge >= 0.3 is 0 Å². The first kappa shape index (κ1) is 19.1. The summed E-state index contributed by atoms with van der Waals surface area (Å²) in [5.41, 5.74) is 12.1. The summed E-state index contributed by atoms with van der Waals surface area (Å²) >= 11 is 0. The van der Waals surface area contributed by atoms with Crippen molar-refractivity contribution in [3.63, 3.8) is 0 Å². The number of ether oxygens (including phenoxy) is 4. The molecule has 0 unspecified atom stereocenters. The second-order valence-electron chi connectivity index (χ2n) is 5.30. The van der Waals surface area contributed by atoms with Gasteiger partial charge in [-0.05, 0) is 5.56 Å². The second-order valence-corrected chi connectivity index (χ2v) is 5.30. The van der Waals surface area contributed by atoms with E-state index in [0.29, 0.717) is 63.4 Å². The van der Waals surface area contributed by atoms with Gasteiger partial charge in [-0.1, -0.05) is 30.3 Å². The highest BCUT2D eigenvalue weighted by Crippen LogP contribution is 2.28. The van der Waals surface area contributed by atoms with E-state index < -0.39 is 0 Å². The Balaban J connectivity index is 1.82. The van der Waals surface area contributed by atoms with E-state index in [-0.39, 0.29) is 0 Å². The van der Waals surface area contributed by atoms with Gasteiger partial charge in [0, 0.05) is 31.3 Å². The van der Waals surface area contributed by atoms with Gasteiger partial charge in [-0.3, -0.25) is 0 Å². The summed E-state index contributed by atoms with van der Waals surface area (Å²) in [5, 5.41) is 0. The van der Waals surface area contributed by atoms with Crippen molar-refractivity contribution in [2.45, 2.75) is 6.61 Å². The van der Waals surface area contributed by atoms with Crippen molar-refractivity contribution in [1.82, 2.24) is 0 Å². The van der Waals surface area contributed by atoms with E-state index in [1.165, 1.54) is 0 Å². The van der Waals surface area contributed by atoms with Gasteiger partial charge in [0.1, 0.15) is 37.1 Å².